The molecule has 0 bridgehead atoms. The molecule has 0 saturated carbocycles. The van der Waals surface area contributed by atoms with Gasteiger partial charge in [-0.2, -0.15) is 18.3 Å². The summed E-state index contributed by atoms with van der Waals surface area (Å²) in [5.41, 5.74) is 1.12. The predicted octanol–water partition coefficient (Wildman–Crippen LogP) is 6.07. The number of rotatable bonds is 6. The normalized spacial score (nSPS) is 11.1. The molecule has 4 rings (SSSR count). The van der Waals surface area contributed by atoms with E-state index in [1.807, 2.05) is 0 Å². The van der Waals surface area contributed by atoms with Crippen molar-refractivity contribution in [2.24, 2.45) is 0 Å². The van der Waals surface area contributed by atoms with Crippen LogP contribution in [0.5, 0.6) is 0 Å². The van der Waals surface area contributed by atoms with E-state index in [0.29, 0.717) is 28.0 Å². The number of H-pyrrole nitrogens is 1. The van der Waals surface area contributed by atoms with Crippen molar-refractivity contribution in [2.45, 2.75) is 6.18 Å². The van der Waals surface area contributed by atoms with Crippen molar-refractivity contribution in [3.63, 3.8) is 0 Å². The molecule has 0 aliphatic heterocycles. The standard InChI is InChI=1S/C23H17ClF3N7O3/c1-2-9-37-22(36)32-20-19-18(28-11-29-20)17(33-34-19)12-3-5-13(6-4-12)30-21(35)31-14-7-8-16(24)15(10-14)23(25,26)27/h2-8,10-11H,1,9H2,(H,33,34)(H2,30,31,35)(H,28,29,32,36). The maximum Gasteiger partial charge on any atom is 0.417 e. The third-order valence-electron chi connectivity index (χ3n) is 4.85. The van der Waals surface area contributed by atoms with Gasteiger partial charge in [0.05, 0.1) is 10.6 Å². The van der Waals surface area contributed by atoms with Gasteiger partial charge in [-0.3, -0.25) is 10.4 Å². The lowest BCUT2D eigenvalue weighted by molar-refractivity contribution is -0.137. The highest BCUT2D eigenvalue weighted by Crippen LogP contribution is 2.36. The number of nitrogens with zero attached hydrogens (tertiary/aromatic N) is 3. The monoisotopic (exact) mass is 531 g/mol. The van der Waals surface area contributed by atoms with E-state index >= 15 is 0 Å². The summed E-state index contributed by atoms with van der Waals surface area (Å²) in [6.07, 6.45) is -2.70. The van der Waals surface area contributed by atoms with Gasteiger partial charge in [0.25, 0.3) is 0 Å². The van der Waals surface area contributed by atoms with Crippen molar-refractivity contribution < 1.29 is 27.5 Å². The molecule has 0 spiro atoms. The van der Waals surface area contributed by atoms with E-state index in [1.54, 1.807) is 24.3 Å². The molecule has 0 radical (unpaired) electrons. The zero-order chi connectivity index (χ0) is 26.6. The topological polar surface area (TPSA) is 134 Å². The Hall–Kier alpha value is -4.65. The van der Waals surface area contributed by atoms with Gasteiger partial charge < -0.3 is 15.4 Å². The lowest BCUT2D eigenvalue weighted by atomic mass is 10.1. The number of nitrogens with one attached hydrogen (secondary N) is 4. The zero-order valence-electron chi connectivity index (χ0n) is 18.7. The summed E-state index contributed by atoms with van der Waals surface area (Å²) in [6.45, 7) is 3.49. The van der Waals surface area contributed by atoms with Crippen LogP contribution >= 0.6 is 11.6 Å². The number of aromatic nitrogens is 4. The van der Waals surface area contributed by atoms with Crippen LogP contribution in [0, 0.1) is 0 Å². The fraction of sp³-hybridized carbons (Fsp3) is 0.0870. The van der Waals surface area contributed by atoms with Crippen LogP contribution in [-0.2, 0) is 10.9 Å². The number of carbonyl (C=O) groups excluding carboxylic acids is 2. The molecule has 4 N–H and O–H groups in total. The van der Waals surface area contributed by atoms with Gasteiger partial charge in [0.15, 0.2) is 5.82 Å². The number of hydrogen-bond acceptors (Lipinski definition) is 6. The van der Waals surface area contributed by atoms with Crippen LogP contribution in [0.15, 0.2) is 61.4 Å². The van der Waals surface area contributed by atoms with Gasteiger partial charge in [0.1, 0.15) is 29.7 Å². The summed E-state index contributed by atoms with van der Waals surface area (Å²) in [6, 6.07) is 8.77. The number of aromatic amines is 1. The molecule has 37 heavy (non-hydrogen) atoms. The van der Waals surface area contributed by atoms with Gasteiger partial charge in [0.2, 0.25) is 0 Å². The molecule has 3 amide bonds. The van der Waals surface area contributed by atoms with Crippen molar-refractivity contribution in [2.75, 3.05) is 22.6 Å². The molecule has 190 valence electrons. The second kappa shape index (κ2) is 10.5. The van der Waals surface area contributed by atoms with Crippen molar-refractivity contribution in [3.8, 4) is 11.3 Å². The predicted molar refractivity (Wildman–Crippen MR) is 131 cm³/mol. The molecule has 4 aromatic rings. The second-order valence-electron chi connectivity index (χ2n) is 7.38. The van der Waals surface area contributed by atoms with Crippen molar-refractivity contribution in [1.82, 2.24) is 20.2 Å². The molecule has 0 aliphatic carbocycles. The molecule has 2 heterocycles. The molecule has 0 fully saturated rings. The summed E-state index contributed by atoms with van der Waals surface area (Å²) < 4.78 is 44.0. The Morgan fingerprint density at radius 2 is 1.76 bits per heavy atom. The maximum atomic E-state index is 13.0. The van der Waals surface area contributed by atoms with E-state index < -0.39 is 28.9 Å². The number of hydrogen-bond donors (Lipinski definition) is 4. The average molecular weight is 532 g/mol. The first-order chi connectivity index (χ1) is 17.7. The van der Waals surface area contributed by atoms with Gasteiger partial charge in [-0.05, 0) is 30.3 Å². The van der Waals surface area contributed by atoms with Crippen LogP contribution < -0.4 is 16.0 Å². The maximum absolute atomic E-state index is 13.0. The average Bonchev–Trinajstić information content (AvgIpc) is 3.29. The third kappa shape index (κ3) is 5.95. The fourth-order valence-electron chi connectivity index (χ4n) is 3.22. The van der Waals surface area contributed by atoms with E-state index in [2.05, 4.69) is 42.7 Å². The third-order valence-corrected chi connectivity index (χ3v) is 5.18. The minimum absolute atomic E-state index is 0.0288. The van der Waals surface area contributed by atoms with Crippen LogP contribution in [0.25, 0.3) is 22.3 Å². The van der Waals surface area contributed by atoms with E-state index in [0.717, 1.165) is 12.1 Å². The Labute approximate surface area is 211 Å². The molecule has 0 atom stereocenters. The van der Waals surface area contributed by atoms with Crippen LogP contribution in [0.3, 0.4) is 0 Å². The van der Waals surface area contributed by atoms with Gasteiger partial charge in [0, 0.05) is 16.9 Å². The quantitative estimate of drug-likeness (QED) is 0.223. The molecule has 0 aliphatic rings. The van der Waals surface area contributed by atoms with Gasteiger partial charge >= 0.3 is 18.3 Å². The Balaban J connectivity index is 1.46. The van der Waals surface area contributed by atoms with E-state index in [4.69, 9.17) is 16.3 Å². The number of urea groups is 1. The Bertz CT molecular complexity index is 1470. The second-order valence-corrected chi connectivity index (χ2v) is 7.79. The Morgan fingerprint density at radius 3 is 2.46 bits per heavy atom. The number of anilines is 3. The SMILES string of the molecule is C=CCOC(=O)Nc1ncnc2c(-c3ccc(NC(=O)Nc4ccc(Cl)c(C(F)(F)F)c4)cc3)n[nH]c12. The van der Waals surface area contributed by atoms with E-state index in [9.17, 15) is 22.8 Å². The van der Waals surface area contributed by atoms with Crippen LogP contribution in [0.1, 0.15) is 5.56 Å². The molecular weight excluding hydrogens is 515 g/mol. The molecule has 0 saturated heterocycles. The summed E-state index contributed by atoms with van der Waals surface area (Å²) in [5, 5.41) is 13.9. The summed E-state index contributed by atoms with van der Waals surface area (Å²) in [5.74, 6) is 0.170. The van der Waals surface area contributed by atoms with Crippen LogP contribution in [0.4, 0.5) is 40.0 Å². The van der Waals surface area contributed by atoms with E-state index in [1.165, 1.54) is 18.5 Å². The van der Waals surface area contributed by atoms with Gasteiger partial charge in [-0.25, -0.2) is 19.6 Å². The number of halogens is 4. The summed E-state index contributed by atoms with van der Waals surface area (Å²) in [7, 11) is 0. The molecule has 14 heteroatoms. The smallest absolute Gasteiger partial charge is 0.417 e. The Morgan fingerprint density at radius 1 is 1.05 bits per heavy atom. The summed E-state index contributed by atoms with van der Waals surface area (Å²) >= 11 is 5.60. The minimum atomic E-state index is -4.66. The number of carbonyl (C=O) groups is 2. The highest BCUT2D eigenvalue weighted by molar-refractivity contribution is 6.31. The fourth-order valence-corrected chi connectivity index (χ4v) is 3.45. The first-order valence-electron chi connectivity index (χ1n) is 10.4. The van der Waals surface area contributed by atoms with E-state index in [-0.39, 0.29) is 18.1 Å². The zero-order valence-corrected chi connectivity index (χ0v) is 19.4. The first-order valence-corrected chi connectivity index (χ1v) is 10.8. The van der Waals surface area contributed by atoms with Crippen LogP contribution in [-0.4, -0.2) is 38.9 Å². The van der Waals surface area contributed by atoms with Gasteiger partial charge in [-0.1, -0.05) is 36.4 Å². The highest BCUT2D eigenvalue weighted by atomic mass is 35.5. The lowest BCUT2D eigenvalue weighted by Gasteiger charge is -2.12. The van der Waals surface area contributed by atoms with Crippen molar-refractivity contribution >= 4 is 52.0 Å². The molecular formula is C23H17ClF3N7O3. The molecule has 2 aromatic heterocycles. The number of amides is 3. The molecule has 0 unspecified atom stereocenters. The largest absolute Gasteiger partial charge is 0.445 e. The first kappa shape index (κ1) is 25.4. The van der Waals surface area contributed by atoms with Gasteiger partial charge in [-0.15, -0.1) is 0 Å². The Kier molecular flexibility index (Phi) is 7.25. The number of alkyl halides is 3. The van der Waals surface area contributed by atoms with Crippen molar-refractivity contribution in [1.29, 1.82) is 0 Å². The molecule has 10 nitrogen and oxygen atoms in total. The summed E-state index contributed by atoms with van der Waals surface area (Å²) in [4.78, 5) is 32.4. The number of benzene rings is 2. The van der Waals surface area contributed by atoms with Crippen molar-refractivity contribution in [3.05, 3.63) is 72.0 Å². The molecule has 2 aromatic carbocycles. The highest BCUT2D eigenvalue weighted by Gasteiger charge is 2.33. The lowest BCUT2D eigenvalue weighted by Crippen LogP contribution is -2.19. The number of ether oxygens (including phenoxy) is 1. The minimum Gasteiger partial charge on any atom is -0.445 e. The van der Waals surface area contributed by atoms with Crippen LogP contribution in [0.2, 0.25) is 5.02 Å². The number of fused-ring (bicyclic) bond motifs is 1.